The van der Waals surface area contributed by atoms with E-state index in [4.69, 9.17) is 27.9 Å². The fraction of sp³-hybridized carbons (Fsp3) is 0.133. The van der Waals surface area contributed by atoms with Crippen molar-refractivity contribution < 1.29 is 9.53 Å². The van der Waals surface area contributed by atoms with Crippen LogP contribution in [-0.2, 0) is 0 Å². The highest BCUT2D eigenvalue weighted by Gasteiger charge is 2.14. The van der Waals surface area contributed by atoms with E-state index < -0.39 is 0 Å². The Kier molecular flexibility index (Phi) is 5.39. The van der Waals surface area contributed by atoms with Gasteiger partial charge in [0.1, 0.15) is 5.75 Å². The summed E-state index contributed by atoms with van der Waals surface area (Å²) in [4.78, 5) is 13.4. The number of amides is 1. The SMILES string of the molecule is COc1cc(SC)ccc1C(=O)Nc1ccc(Cl)cc1Cl. The number of anilines is 1. The van der Waals surface area contributed by atoms with Crippen molar-refractivity contribution in [3.8, 4) is 5.75 Å². The first-order valence-corrected chi connectivity index (χ1v) is 8.01. The fourth-order valence-corrected chi connectivity index (χ4v) is 2.65. The molecule has 21 heavy (non-hydrogen) atoms. The second-order valence-electron chi connectivity index (χ2n) is 4.14. The smallest absolute Gasteiger partial charge is 0.259 e. The topological polar surface area (TPSA) is 38.3 Å². The predicted octanol–water partition coefficient (Wildman–Crippen LogP) is 4.98. The van der Waals surface area contributed by atoms with Crippen molar-refractivity contribution in [1.29, 1.82) is 0 Å². The standard InChI is InChI=1S/C15H13Cl2NO2S/c1-20-14-8-10(21-2)4-5-11(14)15(19)18-13-6-3-9(16)7-12(13)17/h3-8H,1-2H3,(H,18,19). The van der Waals surface area contributed by atoms with Gasteiger partial charge in [-0.15, -0.1) is 11.8 Å². The van der Waals surface area contributed by atoms with Gasteiger partial charge in [0.2, 0.25) is 0 Å². The molecule has 2 rings (SSSR count). The summed E-state index contributed by atoms with van der Waals surface area (Å²) in [6.45, 7) is 0. The van der Waals surface area contributed by atoms with Crippen LogP contribution in [0.2, 0.25) is 10.0 Å². The molecule has 0 saturated carbocycles. The van der Waals surface area contributed by atoms with Gasteiger partial charge in [-0.3, -0.25) is 4.79 Å². The predicted molar refractivity (Wildman–Crippen MR) is 89.2 cm³/mol. The number of thioether (sulfide) groups is 1. The van der Waals surface area contributed by atoms with E-state index in [0.717, 1.165) is 4.90 Å². The Morgan fingerprint density at radius 1 is 1.19 bits per heavy atom. The molecule has 0 aliphatic heterocycles. The van der Waals surface area contributed by atoms with E-state index in [2.05, 4.69) is 5.32 Å². The van der Waals surface area contributed by atoms with Crippen LogP contribution in [0.25, 0.3) is 0 Å². The van der Waals surface area contributed by atoms with Gasteiger partial charge in [0.25, 0.3) is 5.91 Å². The zero-order valence-corrected chi connectivity index (χ0v) is 13.8. The van der Waals surface area contributed by atoms with Crippen LogP contribution in [0.15, 0.2) is 41.3 Å². The summed E-state index contributed by atoms with van der Waals surface area (Å²) in [7, 11) is 1.53. The van der Waals surface area contributed by atoms with Gasteiger partial charge in [-0.1, -0.05) is 23.2 Å². The second kappa shape index (κ2) is 7.07. The van der Waals surface area contributed by atoms with Crippen LogP contribution in [0.5, 0.6) is 5.75 Å². The molecule has 0 fully saturated rings. The normalized spacial score (nSPS) is 10.3. The Morgan fingerprint density at radius 2 is 1.95 bits per heavy atom. The lowest BCUT2D eigenvalue weighted by Gasteiger charge is -2.11. The maximum absolute atomic E-state index is 12.3. The number of ether oxygens (including phenoxy) is 1. The van der Waals surface area contributed by atoms with Crippen molar-refractivity contribution in [3.05, 3.63) is 52.0 Å². The molecule has 0 aromatic heterocycles. The van der Waals surface area contributed by atoms with E-state index in [1.54, 1.807) is 36.0 Å². The van der Waals surface area contributed by atoms with E-state index in [0.29, 0.717) is 27.0 Å². The van der Waals surface area contributed by atoms with Crippen LogP contribution < -0.4 is 10.1 Å². The van der Waals surface area contributed by atoms with Crippen LogP contribution >= 0.6 is 35.0 Å². The summed E-state index contributed by atoms with van der Waals surface area (Å²) in [6.07, 6.45) is 1.96. The molecule has 1 N–H and O–H groups in total. The summed E-state index contributed by atoms with van der Waals surface area (Å²) < 4.78 is 5.27. The molecule has 0 atom stereocenters. The summed E-state index contributed by atoms with van der Waals surface area (Å²) in [6, 6.07) is 10.3. The van der Waals surface area contributed by atoms with Crippen LogP contribution in [0.4, 0.5) is 5.69 Å². The van der Waals surface area contributed by atoms with Crippen molar-refractivity contribution in [2.45, 2.75) is 4.90 Å². The Morgan fingerprint density at radius 3 is 2.57 bits per heavy atom. The second-order valence-corrected chi connectivity index (χ2v) is 5.87. The van der Waals surface area contributed by atoms with E-state index in [1.807, 2.05) is 18.4 Å². The lowest BCUT2D eigenvalue weighted by molar-refractivity contribution is 0.102. The average molecular weight is 342 g/mol. The van der Waals surface area contributed by atoms with Crippen molar-refractivity contribution in [1.82, 2.24) is 0 Å². The van der Waals surface area contributed by atoms with E-state index in [-0.39, 0.29) is 5.91 Å². The third kappa shape index (κ3) is 3.84. The maximum Gasteiger partial charge on any atom is 0.259 e. The number of carbonyl (C=O) groups is 1. The molecule has 0 spiro atoms. The molecule has 0 aliphatic rings. The van der Waals surface area contributed by atoms with E-state index >= 15 is 0 Å². The number of hydrogen-bond acceptors (Lipinski definition) is 3. The van der Waals surface area contributed by atoms with Crippen LogP contribution in [0.1, 0.15) is 10.4 Å². The van der Waals surface area contributed by atoms with E-state index in [1.165, 1.54) is 7.11 Å². The fourth-order valence-electron chi connectivity index (χ4n) is 1.77. The third-order valence-electron chi connectivity index (χ3n) is 2.83. The minimum Gasteiger partial charge on any atom is -0.496 e. The number of benzene rings is 2. The van der Waals surface area contributed by atoms with Crippen molar-refractivity contribution in [2.24, 2.45) is 0 Å². The number of rotatable bonds is 4. The highest BCUT2D eigenvalue weighted by molar-refractivity contribution is 7.98. The highest BCUT2D eigenvalue weighted by Crippen LogP contribution is 2.29. The molecule has 0 bridgehead atoms. The lowest BCUT2D eigenvalue weighted by Crippen LogP contribution is -2.13. The minimum absolute atomic E-state index is 0.288. The Hall–Kier alpha value is -1.36. The zero-order chi connectivity index (χ0) is 15.4. The molecule has 2 aromatic rings. The van der Waals surface area contributed by atoms with E-state index in [9.17, 15) is 4.79 Å². The summed E-state index contributed by atoms with van der Waals surface area (Å²) in [5, 5.41) is 3.65. The number of hydrogen-bond donors (Lipinski definition) is 1. The first kappa shape index (κ1) is 16.0. The Labute approximate surface area is 137 Å². The number of carbonyl (C=O) groups excluding carboxylic acids is 1. The van der Waals surface area contributed by atoms with Crippen molar-refractivity contribution in [2.75, 3.05) is 18.7 Å². The summed E-state index contributed by atoms with van der Waals surface area (Å²) >= 11 is 13.5. The van der Waals surface area contributed by atoms with Crippen LogP contribution in [-0.4, -0.2) is 19.3 Å². The molecular formula is C15H13Cl2NO2S. The van der Waals surface area contributed by atoms with Gasteiger partial charge in [-0.2, -0.15) is 0 Å². The molecule has 1 amide bonds. The van der Waals surface area contributed by atoms with Crippen LogP contribution in [0.3, 0.4) is 0 Å². The van der Waals surface area contributed by atoms with Crippen molar-refractivity contribution in [3.63, 3.8) is 0 Å². The number of nitrogens with one attached hydrogen (secondary N) is 1. The molecule has 0 unspecified atom stereocenters. The van der Waals surface area contributed by atoms with Crippen molar-refractivity contribution >= 4 is 46.6 Å². The average Bonchev–Trinajstić information content (AvgIpc) is 2.49. The Balaban J connectivity index is 2.28. The molecule has 110 valence electrons. The molecule has 0 radical (unpaired) electrons. The zero-order valence-electron chi connectivity index (χ0n) is 11.4. The monoisotopic (exact) mass is 341 g/mol. The van der Waals surface area contributed by atoms with Gasteiger partial charge in [-0.05, 0) is 42.7 Å². The molecule has 0 aliphatic carbocycles. The number of halogens is 2. The largest absolute Gasteiger partial charge is 0.496 e. The molecule has 2 aromatic carbocycles. The lowest BCUT2D eigenvalue weighted by atomic mass is 10.2. The van der Waals surface area contributed by atoms with Gasteiger partial charge in [0.05, 0.1) is 23.4 Å². The molecular weight excluding hydrogens is 329 g/mol. The first-order valence-electron chi connectivity index (χ1n) is 6.03. The third-order valence-corrected chi connectivity index (χ3v) is 4.11. The summed E-state index contributed by atoms with van der Waals surface area (Å²) in [5.41, 5.74) is 0.948. The number of methoxy groups -OCH3 is 1. The molecule has 0 heterocycles. The molecule has 6 heteroatoms. The van der Waals surface area contributed by atoms with Gasteiger partial charge >= 0.3 is 0 Å². The van der Waals surface area contributed by atoms with Gasteiger partial charge in [0, 0.05) is 9.92 Å². The first-order chi connectivity index (χ1) is 10.0. The minimum atomic E-state index is -0.288. The van der Waals surface area contributed by atoms with Gasteiger partial charge in [0.15, 0.2) is 0 Å². The Bertz CT molecular complexity index is 677. The summed E-state index contributed by atoms with van der Waals surface area (Å²) in [5.74, 6) is 0.230. The quantitative estimate of drug-likeness (QED) is 0.797. The maximum atomic E-state index is 12.3. The van der Waals surface area contributed by atoms with Gasteiger partial charge in [-0.25, -0.2) is 0 Å². The molecule has 0 saturated heterocycles. The van der Waals surface area contributed by atoms with Crippen LogP contribution in [0, 0.1) is 0 Å². The molecule has 3 nitrogen and oxygen atoms in total. The van der Waals surface area contributed by atoms with Gasteiger partial charge < -0.3 is 10.1 Å². The highest BCUT2D eigenvalue weighted by atomic mass is 35.5.